The number of hydrogen-bond donors (Lipinski definition) is 0. The average Bonchev–Trinajstić information content (AvgIpc) is 1.30. The summed E-state index contributed by atoms with van der Waals surface area (Å²) in [6.45, 7) is 2.00. The lowest BCUT2D eigenvalue weighted by molar-refractivity contribution is 0.156. The molecule has 0 saturated heterocycles. The average molecular weight is 70.1 g/mol. The van der Waals surface area contributed by atoms with Gasteiger partial charge in [0.2, 0.25) is 0 Å². The van der Waals surface area contributed by atoms with E-state index in [0.29, 0.717) is 6.10 Å². The molecule has 5 heavy (non-hydrogen) atoms. The summed E-state index contributed by atoms with van der Waals surface area (Å²) in [4.78, 5) is 0. The van der Waals surface area contributed by atoms with Gasteiger partial charge in [-0.05, 0) is 13.0 Å². The molecule has 1 aliphatic rings. The molecule has 0 bridgehead atoms. The van der Waals surface area contributed by atoms with Crippen LogP contribution in [0.2, 0.25) is 0 Å². The Labute approximate surface area is 31.3 Å². The van der Waals surface area contributed by atoms with Gasteiger partial charge in [0.05, 0.1) is 6.26 Å². The van der Waals surface area contributed by atoms with E-state index in [0.717, 1.165) is 0 Å². The van der Waals surface area contributed by atoms with Crippen LogP contribution in [0.4, 0.5) is 0 Å². The van der Waals surface area contributed by atoms with E-state index in [2.05, 4.69) is 0 Å². The molecule has 1 atom stereocenters. The molecule has 0 amide bonds. The van der Waals surface area contributed by atoms with Gasteiger partial charge in [0.1, 0.15) is 6.10 Å². The lowest BCUT2D eigenvalue weighted by atomic mass is 10.3. The van der Waals surface area contributed by atoms with Gasteiger partial charge in [0.25, 0.3) is 0 Å². The molecule has 1 heterocycles. The zero-order valence-corrected chi connectivity index (χ0v) is 3.14. The largest absolute Gasteiger partial charge is 0.494 e. The third-order valence-electron chi connectivity index (χ3n) is 0.643. The molecule has 0 saturated carbocycles. The molecule has 0 aromatic heterocycles. The Balaban J connectivity index is 2.39. The fraction of sp³-hybridized carbons (Fsp3) is 0.500. The first-order valence-corrected chi connectivity index (χ1v) is 1.72. The van der Waals surface area contributed by atoms with Gasteiger partial charge in [-0.3, -0.25) is 0 Å². The van der Waals surface area contributed by atoms with Crippen LogP contribution >= 0.6 is 0 Å². The molecule has 0 aromatic carbocycles. The van der Waals surface area contributed by atoms with Crippen LogP contribution in [0.3, 0.4) is 0 Å². The number of ether oxygens (including phenoxy) is 1. The Bertz CT molecular complexity index is 56.7. The predicted molar refractivity (Wildman–Crippen MR) is 19.7 cm³/mol. The minimum absolute atomic E-state index is 0.384. The summed E-state index contributed by atoms with van der Waals surface area (Å²) in [6.07, 6.45) is 4.08. The molecule has 0 unspecified atom stereocenters. The highest BCUT2D eigenvalue weighted by Gasteiger charge is 1.98. The first-order chi connectivity index (χ1) is 2.39. The predicted octanol–water partition coefficient (Wildman–Crippen LogP) is 0.919. The maximum atomic E-state index is 4.75. The highest BCUT2D eigenvalue weighted by Crippen LogP contribution is 2.02. The molecule has 0 aromatic rings. The third kappa shape index (κ3) is 0.274. The van der Waals surface area contributed by atoms with Crippen LogP contribution in [0.15, 0.2) is 12.3 Å². The molecule has 0 aliphatic carbocycles. The normalized spacial score (nSPS) is 31.8. The van der Waals surface area contributed by atoms with Gasteiger partial charge in [-0.15, -0.1) is 0 Å². The summed E-state index contributed by atoms with van der Waals surface area (Å²) in [6, 6.07) is 0. The number of rotatable bonds is 0. The second-order valence-electron chi connectivity index (χ2n) is 1.17. The van der Waals surface area contributed by atoms with E-state index in [1.54, 1.807) is 6.26 Å². The topological polar surface area (TPSA) is 9.23 Å². The van der Waals surface area contributed by atoms with Crippen molar-refractivity contribution >= 4 is 0 Å². The molecule has 0 fully saturated rings. The molecule has 28 valence electrons. The van der Waals surface area contributed by atoms with Crippen molar-refractivity contribution in [3.8, 4) is 0 Å². The van der Waals surface area contributed by atoms with Crippen LogP contribution in [0, 0.1) is 0 Å². The molecule has 1 rings (SSSR count). The van der Waals surface area contributed by atoms with Crippen LogP contribution in [-0.4, -0.2) is 6.10 Å². The highest BCUT2D eigenvalue weighted by atomic mass is 16.5. The van der Waals surface area contributed by atoms with Crippen molar-refractivity contribution in [3.05, 3.63) is 12.3 Å². The van der Waals surface area contributed by atoms with Crippen molar-refractivity contribution in [2.45, 2.75) is 13.0 Å². The van der Waals surface area contributed by atoms with Crippen molar-refractivity contribution in [3.63, 3.8) is 0 Å². The van der Waals surface area contributed by atoms with E-state index >= 15 is 0 Å². The van der Waals surface area contributed by atoms with E-state index < -0.39 is 0 Å². The van der Waals surface area contributed by atoms with Gasteiger partial charge in [0, 0.05) is 0 Å². The fourth-order valence-corrected chi connectivity index (χ4v) is 0.236. The molecule has 0 N–H and O–H groups in total. The molecule has 1 aliphatic heterocycles. The van der Waals surface area contributed by atoms with Gasteiger partial charge >= 0.3 is 0 Å². The SMILES string of the molecule is C[C@H]1C=CO1. The van der Waals surface area contributed by atoms with E-state index in [4.69, 9.17) is 4.74 Å². The van der Waals surface area contributed by atoms with E-state index in [1.807, 2.05) is 13.0 Å². The molecular weight excluding hydrogens is 64.0 g/mol. The first-order valence-electron chi connectivity index (χ1n) is 1.72. The Kier molecular flexibility index (Phi) is 0.411. The quantitative estimate of drug-likeness (QED) is 0.411. The van der Waals surface area contributed by atoms with Crippen molar-refractivity contribution in [2.24, 2.45) is 0 Å². The first kappa shape index (κ1) is 2.76. The number of hydrogen-bond acceptors (Lipinski definition) is 1. The summed E-state index contributed by atoms with van der Waals surface area (Å²) in [5, 5.41) is 0. The smallest absolute Gasteiger partial charge is 0.116 e. The van der Waals surface area contributed by atoms with Crippen LogP contribution in [0.1, 0.15) is 6.92 Å². The van der Waals surface area contributed by atoms with Crippen LogP contribution in [0.5, 0.6) is 0 Å². The zero-order chi connectivity index (χ0) is 3.70. The molecule has 0 spiro atoms. The Morgan fingerprint density at radius 1 is 1.80 bits per heavy atom. The summed E-state index contributed by atoms with van der Waals surface area (Å²) in [5.74, 6) is 0. The lowest BCUT2D eigenvalue weighted by Crippen LogP contribution is -2.06. The van der Waals surface area contributed by atoms with Crippen LogP contribution in [-0.2, 0) is 4.74 Å². The molecular formula is C4H6O. The third-order valence-corrected chi connectivity index (χ3v) is 0.643. The van der Waals surface area contributed by atoms with Crippen LogP contribution < -0.4 is 0 Å². The van der Waals surface area contributed by atoms with Crippen molar-refractivity contribution in [2.75, 3.05) is 0 Å². The van der Waals surface area contributed by atoms with Gasteiger partial charge in [-0.25, -0.2) is 0 Å². The van der Waals surface area contributed by atoms with E-state index in [-0.39, 0.29) is 0 Å². The summed E-state index contributed by atoms with van der Waals surface area (Å²) in [7, 11) is 0. The van der Waals surface area contributed by atoms with E-state index in [9.17, 15) is 0 Å². The van der Waals surface area contributed by atoms with Gasteiger partial charge in [-0.1, -0.05) is 0 Å². The monoisotopic (exact) mass is 70.0 g/mol. The van der Waals surface area contributed by atoms with E-state index in [1.165, 1.54) is 0 Å². The Hall–Kier alpha value is -0.460. The van der Waals surface area contributed by atoms with Crippen molar-refractivity contribution in [1.82, 2.24) is 0 Å². The molecule has 0 radical (unpaired) electrons. The zero-order valence-electron chi connectivity index (χ0n) is 3.14. The van der Waals surface area contributed by atoms with Crippen molar-refractivity contribution in [1.29, 1.82) is 0 Å². The Morgan fingerprint density at radius 3 is 2.20 bits per heavy atom. The van der Waals surface area contributed by atoms with Gasteiger partial charge in [0.15, 0.2) is 0 Å². The highest BCUT2D eigenvalue weighted by molar-refractivity contribution is 4.90. The maximum Gasteiger partial charge on any atom is 0.116 e. The lowest BCUT2D eigenvalue weighted by Gasteiger charge is -2.12. The minimum Gasteiger partial charge on any atom is -0.494 e. The summed E-state index contributed by atoms with van der Waals surface area (Å²) < 4.78 is 4.75. The maximum absolute atomic E-state index is 4.75. The van der Waals surface area contributed by atoms with Gasteiger partial charge < -0.3 is 4.74 Å². The van der Waals surface area contributed by atoms with Crippen molar-refractivity contribution < 1.29 is 4.74 Å². The Morgan fingerprint density at radius 2 is 2.20 bits per heavy atom. The van der Waals surface area contributed by atoms with Crippen LogP contribution in [0.25, 0.3) is 0 Å². The molecule has 1 heteroatoms. The molecule has 1 nitrogen and oxygen atoms in total. The van der Waals surface area contributed by atoms with Gasteiger partial charge in [-0.2, -0.15) is 0 Å². The standard InChI is InChI=1S/C4H6O/c1-4-2-3-5-4/h2-4H,1H3/t4-/m0/s1. The summed E-state index contributed by atoms with van der Waals surface area (Å²) in [5.41, 5.74) is 0. The second kappa shape index (κ2) is 0.744. The fourth-order valence-electron chi connectivity index (χ4n) is 0.236. The second-order valence-corrected chi connectivity index (χ2v) is 1.17. The summed E-state index contributed by atoms with van der Waals surface area (Å²) >= 11 is 0. The minimum atomic E-state index is 0.384.